The number of nitrogens with one attached hydrogen (secondary N) is 1. The Bertz CT molecular complexity index is 669. The van der Waals surface area contributed by atoms with Gasteiger partial charge < -0.3 is 9.88 Å². The molecule has 3 heterocycles. The second kappa shape index (κ2) is 7.57. The van der Waals surface area contributed by atoms with E-state index in [-0.39, 0.29) is 5.91 Å². The molecule has 1 saturated heterocycles. The van der Waals surface area contributed by atoms with Gasteiger partial charge >= 0.3 is 0 Å². The molecule has 0 radical (unpaired) electrons. The average molecular weight is 327 g/mol. The van der Waals surface area contributed by atoms with E-state index in [1.165, 1.54) is 0 Å². The van der Waals surface area contributed by atoms with Gasteiger partial charge in [-0.15, -0.1) is 0 Å². The Kier molecular flexibility index (Phi) is 5.25. The molecule has 3 rings (SSSR count). The molecule has 0 spiro atoms. The number of amides is 1. The number of carbonyl (C=O) groups is 1. The van der Waals surface area contributed by atoms with E-state index in [9.17, 15) is 4.79 Å². The van der Waals surface area contributed by atoms with Gasteiger partial charge in [0.05, 0.1) is 11.9 Å². The SMILES string of the molecule is Cc1ncc(C(=O)N2CCC[C@H](N(C)Cc3ccccn3)CC2)[nH]1. The van der Waals surface area contributed by atoms with Gasteiger partial charge in [-0.3, -0.25) is 14.7 Å². The van der Waals surface area contributed by atoms with Crippen molar-refractivity contribution in [2.45, 2.75) is 38.8 Å². The summed E-state index contributed by atoms with van der Waals surface area (Å²) in [5.74, 6) is 0.838. The number of nitrogens with zero attached hydrogens (tertiary/aromatic N) is 4. The van der Waals surface area contributed by atoms with Crippen LogP contribution in [0.4, 0.5) is 0 Å². The van der Waals surface area contributed by atoms with Gasteiger partial charge in [0.1, 0.15) is 11.5 Å². The maximum absolute atomic E-state index is 12.6. The van der Waals surface area contributed by atoms with Gasteiger partial charge in [-0.25, -0.2) is 4.98 Å². The summed E-state index contributed by atoms with van der Waals surface area (Å²) in [5, 5.41) is 0. The number of likely N-dealkylation sites (tertiary alicyclic amines) is 1. The highest BCUT2D eigenvalue weighted by Gasteiger charge is 2.24. The van der Waals surface area contributed by atoms with Crippen LogP contribution in [-0.2, 0) is 6.54 Å². The Hall–Kier alpha value is -2.21. The minimum absolute atomic E-state index is 0.0589. The third kappa shape index (κ3) is 4.00. The van der Waals surface area contributed by atoms with Crippen LogP contribution >= 0.6 is 0 Å². The van der Waals surface area contributed by atoms with E-state index in [0.717, 1.165) is 50.4 Å². The van der Waals surface area contributed by atoms with Gasteiger partial charge in [-0.2, -0.15) is 0 Å². The molecule has 1 N–H and O–H groups in total. The molecule has 128 valence electrons. The Morgan fingerprint density at radius 1 is 1.33 bits per heavy atom. The van der Waals surface area contributed by atoms with Gasteiger partial charge in [0.2, 0.25) is 0 Å². The van der Waals surface area contributed by atoms with E-state index >= 15 is 0 Å². The van der Waals surface area contributed by atoms with Gasteiger partial charge in [0, 0.05) is 31.9 Å². The van der Waals surface area contributed by atoms with Crippen molar-refractivity contribution >= 4 is 5.91 Å². The summed E-state index contributed by atoms with van der Waals surface area (Å²) in [5.41, 5.74) is 1.68. The molecule has 1 aliphatic heterocycles. The van der Waals surface area contributed by atoms with Crippen molar-refractivity contribution in [3.05, 3.63) is 47.8 Å². The zero-order valence-electron chi connectivity index (χ0n) is 14.4. The summed E-state index contributed by atoms with van der Waals surface area (Å²) >= 11 is 0. The van der Waals surface area contributed by atoms with Crippen molar-refractivity contribution in [2.75, 3.05) is 20.1 Å². The summed E-state index contributed by atoms with van der Waals surface area (Å²) in [6.07, 6.45) is 6.59. The van der Waals surface area contributed by atoms with Crippen molar-refractivity contribution in [3.63, 3.8) is 0 Å². The normalized spacial score (nSPS) is 18.6. The van der Waals surface area contributed by atoms with Gasteiger partial charge in [-0.1, -0.05) is 6.07 Å². The lowest BCUT2D eigenvalue weighted by Gasteiger charge is -2.27. The number of H-pyrrole nitrogens is 1. The first-order valence-corrected chi connectivity index (χ1v) is 8.54. The van der Waals surface area contributed by atoms with Crippen molar-refractivity contribution in [3.8, 4) is 0 Å². The quantitative estimate of drug-likeness (QED) is 0.935. The van der Waals surface area contributed by atoms with Gasteiger partial charge in [-0.05, 0) is 45.4 Å². The molecular formula is C18H25N5O. The lowest BCUT2D eigenvalue weighted by Crippen LogP contribution is -2.35. The minimum atomic E-state index is 0.0589. The van der Waals surface area contributed by atoms with E-state index in [2.05, 4.69) is 33.0 Å². The molecule has 2 aromatic heterocycles. The van der Waals surface area contributed by atoms with Crippen LogP contribution in [0.2, 0.25) is 0 Å². The summed E-state index contributed by atoms with van der Waals surface area (Å²) in [7, 11) is 2.15. The predicted molar refractivity (Wildman–Crippen MR) is 92.6 cm³/mol. The maximum atomic E-state index is 12.6. The van der Waals surface area contributed by atoms with E-state index in [4.69, 9.17) is 0 Å². The lowest BCUT2D eigenvalue weighted by molar-refractivity contribution is 0.0752. The highest BCUT2D eigenvalue weighted by Crippen LogP contribution is 2.18. The Morgan fingerprint density at radius 3 is 2.92 bits per heavy atom. The zero-order valence-corrected chi connectivity index (χ0v) is 14.4. The minimum Gasteiger partial charge on any atom is -0.338 e. The summed E-state index contributed by atoms with van der Waals surface area (Å²) < 4.78 is 0. The van der Waals surface area contributed by atoms with Gasteiger partial charge in [0.15, 0.2) is 0 Å². The van der Waals surface area contributed by atoms with E-state index in [0.29, 0.717) is 11.7 Å². The van der Waals surface area contributed by atoms with Crippen LogP contribution in [0.5, 0.6) is 0 Å². The summed E-state index contributed by atoms with van der Waals surface area (Å²) in [6, 6.07) is 6.50. The van der Waals surface area contributed by atoms with E-state index in [1.807, 2.05) is 30.2 Å². The first-order valence-electron chi connectivity index (χ1n) is 8.54. The molecule has 0 aromatic carbocycles. The topological polar surface area (TPSA) is 65.1 Å². The molecule has 1 amide bonds. The van der Waals surface area contributed by atoms with Crippen LogP contribution < -0.4 is 0 Å². The number of aromatic amines is 1. The summed E-state index contributed by atoms with van der Waals surface area (Å²) in [4.78, 5) is 28.4. The van der Waals surface area contributed by atoms with Crippen LogP contribution in [-0.4, -0.2) is 56.8 Å². The fourth-order valence-corrected chi connectivity index (χ4v) is 3.30. The second-order valence-electron chi connectivity index (χ2n) is 6.50. The number of hydrogen-bond acceptors (Lipinski definition) is 4. The molecular weight excluding hydrogens is 302 g/mol. The Balaban J connectivity index is 1.57. The van der Waals surface area contributed by atoms with Crippen molar-refractivity contribution in [1.82, 2.24) is 24.8 Å². The van der Waals surface area contributed by atoms with Crippen molar-refractivity contribution < 1.29 is 4.79 Å². The first-order chi connectivity index (χ1) is 11.6. The Morgan fingerprint density at radius 2 is 2.21 bits per heavy atom. The molecule has 6 nitrogen and oxygen atoms in total. The highest BCUT2D eigenvalue weighted by atomic mass is 16.2. The third-order valence-corrected chi connectivity index (χ3v) is 4.68. The van der Waals surface area contributed by atoms with E-state index < -0.39 is 0 Å². The number of carbonyl (C=O) groups excluding carboxylic acids is 1. The van der Waals surface area contributed by atoms with E-state index in [1.54, 1.807) is 6.20 Å². The third-order valence-electron chi connectivity index (χ3n) is 4.68. The summed E-state index contributed by atoms with van der Waals surface area (Å²) in [6.45, 7) is 4.31. The van der Waals surface area contributed by atoms with Crippen LogP contribution in [0.1, 0.15) is 41.3 Å². The molecule has 2 aromatic rings. The highest BCUT2D eigenvalue weighted by molar-refractivity contribution is 5.92. The van der Waals surface area contributed by atoms with Crippen LogP contribution in [0, 0.1) is 6.92 Å². The molecule has 1 fully saturated rings. The van der Waals surface area contributed by atoms with Crippen LogP contribution in [0.25, 0.3) is 0 Å². The molecule has 0 unspecified atom stereocenters. The van der Waals surface area contributed by atoms with Crippen LogP contribution in [0.15, 0.2) is 30.6 Å². The monoisotopic (exact) mass is 327 g/mol. The molecule has 1 atom stereocenters. The van der Waals surface area contributed by atoms with Crippen molar-refractivity contribution in [2.24, 2.45) is 0 Å². The molecule has 24 heavy (non-hydrogen) atoms. The maximum Gasteiger partial charge on any atom is 0.271 e. The number of rotatable bonds is 4. The predicted octanol–water partition coefficient (Wildman–Crippen LogP) is 2.24. The second-order valence-corrected chi connectivity index (χ2v) is 6.50. The Labute approximate surface area is 142 Å². The largest absolute Gasteiger partial charge is 0.338 e. The van der Waals surface area contributed by atoms with Crippen molar-refractivity contribution in [1.29, 1.82) is 0 Å². The fourth-order valence-electron chi connectivity index (χ4n) is 3.30. The number of aromatic nitrogens is 3. The average Bonchev–Trinajstić information content (AvgIpc) is 2.87. The molecule has 6 heteroatoms. The van der Waals surface area contributed by atoms with Crippen LogP contribution in [0.3, 0.4) is 0 Å². The number of aryl methyl sites for hydroxylation is 1. The molecule has 1 aliphatic rings. The van der Waals surface area contributed by atoms with Gasteiger partial charge in [0.25, 0.3) is 5.91 Å². The number of hydrogen-bond donors (Lipinski definition) is 1. The standard InChI is InChI=1S/C18H25N5O/c1-14-20-12-17(21-14)18(24)23-10-5-7-16(8-11-23)22(2)13-15-6-3-4-9-19-15/h3-4,6,9,12,16H,5,7-8,10-11,13H2,1-2H3,(H,20,21)/t16-/m0/s1. The smallest absolute Gasteiger partial charge is 0.271 e. The fraction of sp³-hybridized carbons (Fsp3) is 0.500. The number of imidazole rings is 1. The number of pyridine rings is 1. The molecule has 0 saturated carbocycles. The molecule has 0 bridgehead atoms. The first kappa shape index (κ1) is 16.6. The zero-order chi connectivity index (χ0) is 16.9. The molecule has 0 aliphatic carbocycles. The lowest BCUT2D eigenvalue weighted by atomic mass is 10.1.